The fraction of sp³-hybridized carbons (Fsp3) is 0.103. The zero-order chi connectivity index (χ0) is 24.7. The Morgan fingerprint density at radius 2 is 1.66 bits per heavy atom. The lowest BCUT2D eigenvalue weighted by atomic mass is 9.90. The minimum atomic E-state index is -0.830. The molecule has 1 unspecified atom stereocenters. The summed E-state index contributed by atoms with van der Waals surface area (Å²) in [6.45, 7) is 1.82. The number of aliphatic hydroxyl groups is 1. The third-order valence-corrected chi connectivity index (χ3v) is 6.61. The van der Waals surface area contributed by atoms with Gasteiger partial charge in [-0.2, -0.15) is 0 Å². The molecule has 0 aromatic heterocycles. The van der Waals surface area contributed by atoms with Crippen LogP contribution in [-0.2, 0) is 9.59 Å². The van der Waals surface area contributed by atoms with E-state index in [1.165, 1.54) is 4.90 Å². The van der Waals surface area contributed by atoms with Crippen molar-refractivity contribution in [1.29, 1.82) is 0 Å². The van der Waals surface area contributed by atoms with Crippen molar-refractivity contribution in [1.82, 2.24) is 0 Å². The first-order chi connectivity index (χ1) is 16.9. The smallest absolute Gasteiger partial charge is 0.300 e. The van der Waals surface area contributed by atoms with Crippen molar-refractivity contribution in [3.05, 3.63) is 112 Å². The molecule has 1 N–H and O–H groups in total. The highest BCUT2D eigenvalue weighted by Gasteiger charge is 2.47. The number of aliphatic hydroxyl groups excluding tert-OH is 1. The topological polar surface area (TPSA) is 66.8 Å². The molecule has 1 aliphatic heterocycles. The number of carbonyl (C=O) groups is 2. The van der Waals surface area contributed by atoms with E-state index in [1.54, 1.807) is 49.6 Å². The van der Waals surface area contributed by atoms with Crippen LogP contribution < -0.4 is 9.64 Å². The second-order valence-electron chi connectivity index (χ2n) is 8.39. The summed E-state index contributed by atoms with van der Waals surface area (Å²) in [4.78, 5) is 28.3. The molecule has 174 valence electrons. The molecule has 35 heavy (non-hydrogen) atoms. The minimum absolute atomic E-state index is 0.0366. The molecule has 0 spiro atoms. The molecule has 1 saturated heterocycles. The number of methoxy groups -OCH3 is 1. The van der Waals surface area contributed by atoms with Crippen LogP contribution in [0.1, 0.15) is 22.7 Å². The molecule has 1 aliphatic rings. The number of benzene rings is 4. The van der Waals surface area contributed by atoms with Crippen LogP contribution in [0.3, 0.4) is 0 Å². The molecule has 1 heterocycles. The SMILES string of the molecule is COc1ccc(/C(O)=C2\C(=O)C(=O)N(c3ccc(Cl)cc3)C2c2cccc3ccccc23)c(C)c1. The van der Waals surface area contributed by atoms with Crippen molar-refractivity contribution in [2.24, 2.45) is 0 Å². The second-order valence-corrected chi connectivity index (χ2v) is 8.83. The summed E-state index contributed by atoms with van der Waals surface area (Å²) < 4.78 is 5.28. The van der Waals surface area contributed by atoms with Gasteiger partial charge in [0, 0.05) is 16.3 Å². The number of Topliss-reactive ketones (excluding diaryl/α,β-unsaturated/α-hetero) is 1. The first kappa shape index (κ1) is 22.7. The van der Waals surface area contributed by atoms with Gasteiger partial charge >= 0.3 is 0 Å². The summed E-state index contributed by atoms with van der Waals surface area (Å²) in [5.41, 5.74) is 2.47. The van der Waals surface area contributed by atoms with E-state index in [1.807, 2.05) is 49.4 Å². The number of nitrogens with zero attached hydrogens (tertiary/aromatic N) is 1. The minimum Gasteiger partial charge on any atom is -0.507 e. The van der Waals surface area contributed by atoms with Crippen molar-refractivity contribution < 1.29 is 19.4 Å². The van der Waals surface area contributed by atoms with Gasteiger partial charge in [-0.05, 0) is 71.3 Å². The first-order valence-corrected chi connectivity index (χ1v) is 11.5. The Morgan fingerprint density at radius 1 is 0.943 bits per heavy atom. The van der Waals surface area contributed by atoms with E-state index in [0.717, 1.165) is 21.9 Å². The third kappa shape index (κ3) is 3.84. The molecule has 0 radical (unpaired) electrons. The van der Waals surface area contributed by atoms with E-state index in [2.05, 4.69) is 0 Å². The predicted octanol–water partition coefficient (Wildman–Crippen LogP) is 6.44. The number of carbonyl (C=O) groups excluding carboxylic acids is 2. The standard InChI is InChI=1S/C29H22ClNO4/c1-17-16-21(35-2)14-15-22(17)27(32)25-26(24-9-5-7-18-6-3-4-8-23(18)24)31(29(34)28(25)33)20-12-10-19(30)11-13-20/h3-16,26,32H,1-2H3/b27-25+. The van der Waals surface area contributed by atoms with Gasteiger partial charge in [-0.1, -0.05) is 54.1 Å². The zero-order valence-corrected chi connectivity index (χ0v) is 19.9. The predicted molar refractivity (Wildman–Crippen MR) is 138 cm³/mol. The summed E-state index contributed by atoms with van der Waals surface area (Å²) in [7, 11) is 1.56. The van der Waals surface area contributed by atoms with Gasteiger partial charge in [0.2, 0.25) is 0 Å². The van der Waals surface area contributed by atoms with Gasteiger partial charge in [-0.15, -0.1) is 0 Å². The molecular formula is C29H22ClNO4. The van der Waals surface area contributed by atoms with Gasteiger partial charge < -0.3 is 9.84 Å². The van der Waals surface area contributed by atoms with Crippen molar-refractivity contribution in [2.45, 2.75) is 13.0 Å². The second kappa shape index (κ2) is 8.93. The van der Waals surface area contributed by atoms with E-state index in [-0.39, 0.29) is 11.3 Å². The number of hydrogen-bond donors (Lipinski definition) is 1. The first-order valence-electron chi connectivity index (χ1n) is 11.1. The van der Waals surface area contributed by atoms with Crippen LogP contribution >= 0.6 is 11.6 Å². The van der Waals surface area contributed by atoms with Crippen molar-refractivity contribution in [3.8, 4) is 5.75 Å². The zero-order valence-electron chi connectivity index (χ0n) is 19.2. The van der Waals surface area contributed by atoms with Crippen LogP contribution in [0.5, 0.6) is 5.75 Å². The van der Waals surface area contributed by atoms with Crippen LogP contribution in [0.2, 0.25) is 5.02 Å². The van der Waals surface area contributed by atoms with E-state index in [9.17, 15) is 14.7 Å². The van der Waals surface area contributed by atoms with E-state index in [0.29, 0.717) is 22.0 Å². The average Bonchev–Trinajstić information content (AvgIpc) is 3.13. The van der Waals surface area contributed by atoms with Crippen molar-refractivity contribution in [2.75, 3.05) is 12.0 Å². The van der Waals surface area contributed by atoms with E-state index < -0.39 is 17.7 Å². The summed E-state index contributed by atoms with van der Waals surface area (Å²) in [5.74, 6) is -1.05. The lowest BCUT2D eigenvalue weighted by molar-refractivity contribution is -0.132. The van der Waals surface area contributed by atoms with Gasteiger partial charge in [0.15, 0.2) is 0 Å². The maximum absolute atomic E-state index is 13.5. The molecular weight excluding hydrogens is 462 g/mol. The monoisotopic (exact) mass is 483 g/mol. The molecule has 1 fully saturated rings. The van der Waals surface area contributed by atoms with Crippen molar-refractivity contribution in [3.63, 3.8) is 0 Å². The number of amides is 1. The summed E-state index contributed by atoms with van der Waals surface area (Å²) in [6, 6.07) is 24.6. The Hall–Kier alpha value is -4.09. The molecule has 0 bridgehead atoms. The Balaban J connectivity index is 1.80. The maximum Gasteiger partial charge on any atom is 0.300 e. The highest BCUT2D eigenvalue weighted by Crippen LogP contribution is 2.44. The van der Waals surface area contributed by atoms with Crippen LogP contribution in [-0.4, -0.2) is 23.9 Å². The fourth-order valence-electron chi connectivity index (χ4n) is 4.66. The fourth-order valence-corrected chi connectivity index (χ4v) is 4.78. The summed E-state index contributed by atoms with van der Waals surface area (Å²) in [6.07, 6.45) is 0. The number of aryl methyl sites for hydroxylation is 1. The Labute approximate surface area is 207 Å². The number of halogens is 1. The van der Waals surface area contributed by atoms with Gasteiger partial charge in [0.05, 0.1) is 18.7 Å². The van der Waals surface area contributed by atoms with E-state index in [4.69, 9.17) is 16.3 Å². The molecule has 6 heteroatoms. The molecule has 1 amide bonds. The quantitative estimate of drug-likeness (QED) is 0.206. The Bertz CT molecular complexity index is 1500. The molecule has 1 atom stereocenters. The number of ketones is 1. The Morgan fingerprint density at radius 3 is 2.37 bits per heavy atom. The third-order valence-electron chi connectivity index (χ3n) is 6.36. The number of anilines is 1. The highest BCUT2D eigenvalue weighted by atomic mass is 35.5. The normalized spacial score (nSPS) is 17.2. The highest BCUT2D eigenvalue weighted by molar-refractivity contribution is 6.52. The Kier molecular flexibility index (Phi) is 5.79. The molecule has 0 aliphatic carbocycles. The lowest BCUT2D eigenvalue weighted by Gasteiger charge is -2.26. The van der Waals surface area contributed by atoms with Gasteiger partial charge in [-0.3, -0.25) is 14.5 Å². The van der Waals surface area contributed by atoms with Gasteiger partial charge in [-0.25, -0.2) is 0 Å². The lowest BCUT2D eigenvalue weighted by Crippen LogP contribution is -2.29. The van der Waals surface area contributed by atoms with Crippen molar-refractivity contribution >= 4 is 45.5 Å². The molecule has 4 aromatic rings. The number of rotatable bonds is 4. The maximum atomic E-state index is 13.5. The van der Waals surface area contributed by atoms with Crippen LogP contribution in [0.4, 0.5) is 5.69 Å². The average molecular weight is 484 g/mol. The summed E-state index contributed by atoms with van der Waals surface area (Å²) >= 11 is 6.09. The van der Waals surface area contributed by atoms with Gasteiger partial charge in [0.25, 0.3) is 11.7 Å². The largest absolute Gasteiger partial charge is 0.507 e. The number of fused-ring (bicyclic) bond motifs is 1. The molecule has 0 saturated carbocycles. The van der Waals surface area contributed by atoms with E-state index >= 15 is 0 Å². The molecule has 5 rings (SSSR count). The molecule has 4 aromatic carbocycles. The number of hydrogen-bond acceptors (Lipinski definition) is 4. The summed E-state index contributed by atoms with van der Waals surface area (Å²) in [5, 5.41) is 13.9. The molecule has 5 nitrogen and oxygen atoms in total. The van der Waals surface area contributed by atoms with Crippen LogP contribution in [0, 0.1) is 6.92 Å². The van der Waals surface area contributed by atoms with Gasteiger partial charge in [0.1, 0.15) is 11.5 Å². The van der Waals surface area contributed by atoms with Crippen LogP contribution in [0.15, 0.2) is 90.5 Å². The number of ether oxygens (including phenoxy) is 1. The van der Waals surface area contributed by atoms with Crippen LogP contribution in [0.25, 0.3) is 16.5 Å².